The van der Waals surface area contributed by atoms with Gasteiger partial charge in [0.2, 0.25) is 0 Å². The summed E-state index contributed by atoms with van der Waals surface area (Å²) < 4.78 is 0. The van der Waals surface area contributed by atoms with Gasteiger partial charge in [-0.3, -0.25) is 0 Å². The van der Waals surface area contributed by atoms with Gasteiger partial charge >= 0.3 is 0 Å². The van der Waals surface area contributed by atoms with E-state index in [1.807, 2.05) is 0 Å². The fraction of sp³-hybridized carbons (Fsp3) is 1.00. The van der Waals surface area contributed by atoms with Gasteiger partial charge in [0.05, 0.1) is 6.10 Å². The molecule has 0 saturated heterocycles. The molecule has 17 heavy (non-hydrogen) atoms. The first-order chi connectivity index (χ1) is 7.74. The molecule has 2 nitrogen and oxygen atoms in total. The summed E-state index contributed by atoms with van der Waals surface area (Å²) in [5.41, 5.74) is 0.338. The van der Waals surface area contributed by atoms with Crippen LogP contribution >= 0.6 is 0 Å². The van der Waals surface area contributed by atoms with Crippen LogP contribution in [0, 0.1) is 17.3 Å². The summed E-state index contributed by atoms with van der Waals surface area (Å²) in [5.74, 6) is 1.45. The van der Waals surface area contributed by atoms with Gasteiger partial charge in [0.1, 0.15) is 0 Å². The molecule has 0 aromatic rings. The molecular weight excluding hydrogens is 210 g/mol. The highest BCUT2D eigenvalue weighted by Gasteiger charge is 2.38. The first-order valence-electron chi connectivity index (χ1n) is 7.12. The van der Waals surface area contributed by atoms with E-state index < -0.39 is 0 Å². The monoisotopic (exact) mass is 241 g/mol. The maximum Gasteiger partial charge on any atom is 0.0555 e. The molecule has 0 aromatic carbocycles. The molecule has 1 fully saturated rings. The molecular formula is C15H31NO. The van der Waals surface area contributed by atoms with Crippen molar-refractivity contribution in [3.63, 3.8) is 0 Å². The van der Waals surface area contributed by atoms with Crippen molar-refractivity contribution in [1.82, 2.24) is 4.90 Å². The predicted molar refractivity (Wildman–Crippen MR) is 74.1 cm³/mol. The van der Waals surface area contributed by atoms with E-state index in [-0.39, 0.29) is 6.10 Å². The molecule has 0 aromatic heterocycles. The van der Waals surface area contributed by atoms with Crippen molar-refractivity contribution in [2.24, 2.45) is 17.3 Å². The van der Waals surface area contributed by atoms with E-state index in [4.69, 9.17) is 0 Å². The highest BCUT2D eigenvalue weighted by Crippen LogP contribution is 2.38. The Labute approximate surface area is 107 Å². The number of aliphatic hydroxyl groups is 1. The number of hydrogen-bond donors (Lipinski definition) is 1. The molecule has 0 spiro atoms. The molecule has 0 heterocycles. The minimum atomic E-state index is -0.0927. The van der Waals surface area contributed by atoms with Gasteiger partial charge in [0.15, 0.2) is 0 Å². The van der Waals surface area contributed by atoms with Crippen LogP contribution < -0.4 is 0 Å². The summed E-state index contributed by atoms with van der Waals surface area (Å²) in [4.78, 5) is 2.48. The Morgan fingerprint density at radius 2 is 1.88 bits per heavy atom. The SMILES string of the molecule is CC(C)C(C)CN(C)C1CC(O)CCC1(C)C. The van der Waals surface area contributed by atoms with Crippen molar-refractivity contribution >= 4 is 0 Å². The van der Waals surface area contributed by atoms with Crippen molar-refractivity contribution in [3.05, 3.63) is 0 Å². The highest BCUT2D eigenvalue weighted by atomic mass is 16.3. The summed E-state index contributed by atoms with van der Waals surface area (Å²) in [5, 5.41) is 9.88. The average Bonchev–Trinajstić information content (AvgIpc) is 2.21. The first kappa shape index (κ1) is 15.0. The van der Waals surface area contributed by atoms with Crippen molar-refractivity contribution in [2.45, 2.75) is 66.0 Å². The highest BCUT2D eigenvalue weighted by molar-refractivity contribution is 4.92. The van der Waals surface area contributed by atoms with E-state index in [9.17, 15) is 5.11 Å². The smallest absolute Gasteiger partial charge is 0.0555 e. The van der Waals surface area contributed by atoms with Crippen molar-refractivity contribution < 1.29 is 5.11 Å². The van der Waals surface area contributed by atoms with Crippen LogP contribution in [0.4, 0.5) is 0 Å². The fourth-order valence-corrected chi connectivity index (χ4v) is 2.97. The molecule has 2 heteroatoms. The van der Waals surface area contributed by atoms with Gasteiger partial charge in [-0.05, 0) is 43.6 Å². The third-order valence-electron chi connectivity index (χ3n) is 4.77. The first-order valence-corrected chi connectivity index (χ1v) is 7.12. The largest absolute Gasteiger partial charge is 0.393 e. The number of rotatable bonds is 4. The van der Waals surface area contributed by atoms with E-state index in [0.717, 1.165) is 37.6 Å². The molecule has 102 valence electrons. The second-order valence-electron chi connectivity index (χ2n) is 7.09. The van der Waals surface area contributed by atoms with Gasteiger partial charge < -0.3 is 10.0 Å². The van der Waals surface area contributed by atoms with Crippen LogP contribution in [0.1, 0.15) is 53.9 Å². The van der Waals surface area contributed by atoms with Crippen LogP contribution in [-0.4, -0.2) is 35.7 Å². The van der Waals surface area contributed by atoms with Crippen LogP contribution in [0.25, 0.3) is 0 Å². The lowest BCUT2D eigenvalue weighted by molar-refractivity contribution is -0.00751. The predicted octanol–water partition coefficient (Wildman–Crippen LogP) is 3.15. The van der Waals surface area contributed by atoms with Crippen LogP contribution in [-0.2, 0) is 0 Å². The van der Waals surface area contributed by atoms with Crippen LogP contribution in [0.5, 0.6) is 0 Å². The Bertz CT molecular complexity index is 237. The van der Waals surface area contributed by atoms with Gasteiger partial charge in [-0.25, -0.2) is 0 Å². The van der Waals surface area contributed by atoms with Gasteiger partial charge in [-0.2, -0.15) is 0 Å². The molecule has 3 atom stereocenters. The maximum atomic E-state index is 9.88. The van der Waals surface area contributed by atoms with E-state index in [1.165, 1.54) is 0 Å². The van der Waals surface area contributed by atoms with Crippen LogP contribution in [0.2, 0.25) is 0 Å². The fourth-order valence-electron chi connectivity index (χ4n) is 2.97. The van der Waals surface area contributed by atoms with E-state index >= 15 is 0 Å². The second-order valence-corrected chi connectivity index (χ2v) is 7.09. The molecule has 0 aliphatic heterocycles. The summed E-state index contributed by atoms with van der Waals surface area (Å²) >= 11 is 0. The molecule has 0 amide bonds. The Morgan fingerprint density at radius 3 is 2.41 bits per heavy atom. The molecule has 0 radical (unpaired) electrons. The molecule has 3 unspecified atom stereocenters. The molecule has 1 aliphatic carbocycles. The second kappa shape index (κ2) is 5.71. The molecule has 1 aliphatic rings. The van der Waals surface area contributed by atoms with Gasteiger partial charge in [-0.15, -0.1) is 0 Å². The van der Waals surface area contributed by atoms with Crippen LogP contribution in [0.15, 0.2) is 0 Å². The zero-order valence-electron chi connectivity index (χ0n) is 12.5. The normalized spacial score (nSPS) is 30.9. The Hall–Kier alpha value is -0.0800. The third-order valence-corrected chi connectivity index (χ3v) is 4.77. The quantitative estimate of drug-likeness (QED) is 0.817. The summed E-state index contributed by atoms with van der Waals surface area (Å²) in [6.45, 7) is 12.7. The minimum absolute atomic E-state index is 0.0927. The number of aliphatic hydroxyl groups excluding tert-OH is 1. The summed E-state index contributed by atoms with van der Waals surface area (Å²) in [6.07, 6.45) is 2.95. The Balaban J connectivity index is 2.62. The average molecular weight is 241 g/mol. The van der Waals surface area contributed by atoms with Crippen LogP contribution in [0.3, 0.4) is 0 Å². The Morgan fingerprint density at radius 1 is 1.29 bits per heavy atom. The topological polar surface area (TPSA) is 23.5 Å². The molecule has 0 bridgehead atoms. The molecule has 1 rings (SSSR count). The molecule has 1 saturated carbocycles. The maximum absolute atomic E-state index is 9.88. The number of nitrogens with zero attached hydrogens (tertiary/aromatic N) is 1. The van der Waals surface area contributed by atoms with Crippen molar-refractivity contribution in [2.75, 3.05) is 13.6 Å². The minimum Gasteiger partial charge on any atom is -0.393 e. The van der Waals surface area contributed by atoms with Crippen molar-refractivity contribution in [1.29, 1.82) is 0 Å². The van der Waals surface area contributed by atoms with E-state index in [0.29, 0.717) is 11.5 Å². The zero-order chi connectivity index (χ0) is 13.2. The Kier molecular flexibility index (Phi) is 5.03. The van der Waals surface area contributed by atoms with E-state index in [2.05, 4.69) is 46.6 Å². The molecule has 1 N–H and O–H groups in total. The standard InChI is InChI=1S/C15H31NO/c1-11(2)12(3)10-16(6)14-9-13(17)7-8-15(14,4)5/h11-14,17H,7-10H2,1-6H3. The van der Waals surface area contributed by atoms with Gasteiger partial charge in [0, 0.05) is 12.6 Å². The lowest BCUT2D eigenvalue weighted by Crippen LogP contribution is -2.49. The lowest BCUT2D eigenvalue weighted by atomic mass is 9.71. The van der Waals surface area contributed by atoms with E-state index in [1.54, 1.807) is 0 Å². The summed E-state index contributed by atoms with van der Waals surface area (Å²) in [7, 11) is 2.23. The van der Waals surface area contributed by atoms with Gasteiger partial charge in [0.25, 0.3) is 0 Å². The zero-order valence-corrected chi connectivity index (χ0v) is 12.5. The lowest BCUT2D eigenvalue weighted by Gasteiger charge is -2.46. The van der Waals surface area contributed by atoms with Gasteiger partial charge in [-0.1, -0.05) is 34.6 Å². The third kappa shape index (κ3) is 3.96. The van der Waals surface area contributed by atoms with Crippen molar-refractivity contribution in [3.8, 4) is 0 Å². The summed E-state index contributed by atoms with van der Waals surface area (Å²) in [6, 6.07) is 0.521. The number of hydrogen-bond acceptors (Lipinski definition) is 2.